The summed E-state index contributed by atoms with van der Waals surface area (Å²) in [5.74, 6) is 0. The lowest BCUT2D eigenvalue weighted by Crippen LogP contribution is -2.40. The third-order valence-corrected chi connectivity index (χ3v) is 6.46. The number of ether oxygens (including phenoxy) is 1. The number of benzene rings is 1. The van der Waals surface area contributed by atoms with Crippen LogP contribution in [0.15, 0.2) is 27.6 Å². The smallest absolute Gasteiger partial charge is 0.244 e. The van der Waals surface area contributed by atoms with Crippen molar-refractivity contribution in [2.45, 2.75) is 30.4 Å². The Hall–Kier alpha value is -0.470. The number of rotatable bonds is 4. The predicted octanol–water partition coefficient (Wildman–Crippen LogP) is 1.71. The fourth-order valence-electron chi connectivity index (χ4n) is 2.33. The number of piperidine rings is 1. The van der Waals surface area contributed by atoms with Gasteiger partial charge in [0.05, 0.1) is 11.0 Å². The van der Waals surface area contributed by atoms with Gasteiger partial charge in [0.2, 0.25) is 10.0 Å². The molecule has 0 radical (unpaired) electrons. The molecule has 1 aliphatic heterocycles. The average molecular weight is 363 g/mol. The van der Waals surface area contributed by atoms with Crippen molar-refractivity contribution in [3.05, 3.63) is 28.2 Å². The summed E-state index contributed by atoms with van der Waals surface area (Å²) in [6.07, 6.45) is 1.62. The van der Waals surface area contributed by atoms with Crippen LogP contribution >= 0.6 is 15.9 Å². The van der Waals surface area contributed by atoms with Crippen LogP contribution in [0.1, 0.15) is 18.4 Å². The third kappa shape index (κ3) is 3.23. The second-order valence-corrected chi connectivity index (χ2v) is 7.57. The molecule has 0 spiro atoms. The Bertz CT molecular complexity index is 569. The summed E-state index contributed by atoms with van der Waals surface area (Å²) < 4.78 is 32.6. The second kappa shape index (κ2) is 6.53. The minimum atomic E-state index is -3.46. The van der Waals surface area contributed by atoms with E-state index in [2.05, 4.69) is 15.9 Å². The highest BCUT2D eigenvalue weighted by Gasteiger charge is 2.30. The lowest BCUT2D eigenvalue weighted by atomic mass is 10.1. The number of methoxy groups -OCH3 is 1. The summed E-state index contributed by atoms with van der Waals surface area (Å²) in [5.41, 5.74) is 6.45. The van der Waals surface area contributed by atoms with Gasteiger partial charge in [-0.2, -0.15) is 4.31 Å². The number of nitrogens with zero attached hydrogens (tertiary/aromatic N) is 1. The van der Waals surface area contributed by atoms with E-state index >= 15 is 0 Å². The lowest BCUT2D eigenvalue weighted by molar-refractivity contribution is 0.0604. The Labute approximate surface area is 128 Å². The molecule has 0 aromatic heterocycles. The van der Waals surface area contributed by atoms with Crippen molar-refractivity contribution >= 4 is 26.0 Å². The van der Waals surface area contributed by atoms with Gasteiger partial charge >= 0.3 is 0 Å². The molecule has 1 saturated heterocycles. The zero-order valence-electron chi connectivity index (χ0n) is 11.4. The third-order valence-electron chi connectivity index (χ3n) is 3.58. The fraction of sp³-hybridized carbons (Fsp3) is 0.538. The lowest BCUT2D eigenvalue weighted by Gasteiger charge is -2.30. The molecule has 5 nitrogen and oxygen atoms in total. The molecule has 0 saturated carbocycles. The molecule has 2 N–H and O–H groups in total. The van der Waals surface area contributed by atoms with E-state index < -0.39 is 10.0 Å². The molecule has 1 heterocycles. The van der Waals surface area contributed by atoms with E-state index in [4.69, 9.17) is 10.5 Å². The monoisotopic (exact) mass is 362 g/mol. The molecule has 0 amide bonds. The van der Waals surface area contributed by atoms with Crippen LogP contribution in [-0.2, 0) is 21.3 Å². The molecule has 20 heavy (non-hydrogen) atoms. The fourth-order valence-corrected chi connectivity index (χ4v) is 4.88. The second-order valence-electron chi connectivity index (χ2n) is 4.81. The van der Waals surface area contributed by atoms with E-state index in [0.29, 0.717) is 29.0 Å². The Morgan fingerprint density at radius 1 is 1.40 bits per heavy atom. The van der Waals surface area contributed by atoms with Crippen LogP contribution < -0.4 is 5.73 Å². The normalized spacial score (nSPS) is 18.4. The van der Waals surface area contributed by atoms with E-state index in [0.717, 1.165) is 18.4 Å². The molecule has 2 rings (SSSR count). The quantitative estimate of drug-likeness (QED) is 0.884. The van der Waals surface area contributed by atoms with E-state index in [1.165, 1.54) is 4.31 Å². The summed E-state index contributed by atoms with van der Waals surface area (Å²) in [5, 5.41) is 0. The summed E-state index contributed by atoms with van der Waals surface area (Å²) in [4.78, 5) is 0.297. The van der Waals surface area contributed by atoms with E-state index in [1.54, 1.807) is 25.3 Å². The zero-order valence-corrected chi connectivity index (χ0v) is 13.8. The van der Waals surface area contributed by atoms with Crippen LogP contribution in [0.3, 0.4) is 0 Å². The number of hydrogen-bond acceptors (Lipinski definition) is 4. The Morgan fingerprint density at radius 3 is 2.55 bits per heavy atom. The van der Waals surface area contributed by atoms with Gasteiger partial charge in [0.1, 0.15) is 0 Å². The van der Waals surface area contributed by atoms with Gasteiger partial charge in [-0.25, -0.2) is 8.42 Å². The number of halogens is 1. The first kappa shape index (κ1) is 15.9. The first-order chi connectivity index (χ1) is 9.48. The number of hydrogen-bond donors (Lipinski definition) is 1. The van der Waals surface area contributed by atoms with Crippen LogP contribution in [0.4, 0.5) is 0 Å². The minimum absolute atomic E-state index is 0.157. The maximum absolute atomic E-state index is 12.6. The molecule has 7 heteroatoms. The Balaban J connectivity index is 2.23. The highest BCUT2D eigenvalue weighted by Crippen LogP contribution is 2.28. The summed E-state index contributed by atoms with van der Waals surface area (Å²) in [6.45, 7) is 1.37. The van der Waals surface area contributed by atoms with Crippen molar-refractivity contribution in [1.82, 2.24) is 4.31 Å². The first-order valence-electron chi connectivity index (χ1n) is 6.50. The Morgan fingerprint density at radius 2 is 2.05 bits per heavy atom. The zero-order chi connectivity index (χ0) is 14.8. The summed E-state index contributed by atoms with van der Waals surface area (Å²) in [6, 6.07) is 5.12. The molecule has 0 unspecified atom stereocenters. The highest BCUT2D eigenvalue weighted by atomic mass is 79.9. The standard InChI is InChI=1S/C13H19BrN2O3S/c1-19-11-4-6-16(7-5-11)20(17,18)13-3-2-10(9-15)8-12(13)14/h2-3,8,11H,4-7,9,15H2,1H3. The molecule has 0 aliphatic carbocycles. The highest BCUT2D eigenvalue weighted by molar-refractivity contribution is 9.10. The first-order valence-corrected chi connectivity index (χ1v) is 8.73. The number of nitrogens with two attached hydrogens (primary N) is 1. The topological polar surface area (TPSA) is 72.6 Å². The molecule has 0 atom stereocenters. The minimum Gasteiger partial charge on any atom is -0.381 e. The van der Waals surface area contributed by atoms with Gasteiger partial charge in [0.25, 0.3) is 0 Å². The predicted molar refractivity (Wildman–Crippen MR) is 80.8 cm³/mol. The van der Waals surface area contributed by atoms with Crippen molar-refractivity contribution in [1.29, 1.82) is 0 Å². The van der Waals surface area contributed by atoms with E-state index in [-0.39, 0.29) is 6.10 Å². The molecule has 1 aliphatic rings. The van der Waals surface area contributed by atoms with E-state index in [9.17, 15) is 8.42 Å². The van der Waals surface area contributed by atoms with Crippen molar-refractivity contribution in [2.24, 2.45) is 5.73 Å². The summed E-state index contributed by atoms with van der Waals surface area (Å²) >= 11 is 3.33. The largest absolute Gasteiger partial charge is 0.381 e. The van der Waals surface area contributed by atoms with Gasteiger partial charge in [-0.05, 0) is 46.5 Å². The van der Waals surface area contributed by atoms with Crippen molar-refractivity contribution in [3.8, 4) is 0 Å². The molecule has 1 aromatic carbocycles. The van der Waals surface area contributed by atoms with E-state index in [1.807, 2.05) is 0 Å². The molecule has 112 valence electrons. The van der Waals surface area contributed by atoms with Gasteiger partial charge < -0.3 is 10.5 Å². The van der Waals surface area contributed by atoms with Gasteiger partial charge in [0.15, 0.2) is 0 Å². The van der Waals surface area contributed by atoms with Crippen LogP contribution in [0.5, 0.6) is 0 Å². The SMILES string of the molecule is COC1CCN(S(=O)(=O)c2ccc(CN)cc2Br)CC1. The average Bonchev–Trinajstić information content (AvgIpc) is 2.46. The van der Waals surface area contributed by atoms with Gasteiger partial charge in [0, 0.05) is 31.2 Å². The molecular formula is C13H19BrN2O3S. The van der Waals surface area contributed by atoms with Crippen molar-refractivity contribution < 1.29 is 13.2 Å². The van der Waals surface area contributed by atoms with Crippen LogP contribution in [0, 0.1) is 0 Å². The molecule has 1 fully saturated rings. The maximum Gasteiger partial charge on any atom is 0.244 e. The summed E-state index contributed by atoms with van der Waals surface area (Å²) in [7, 11) is -1.80. The van der Waals surface area contributed by atoms with Crippen LogP contribution in [0.25, 0.3) is 0 Å². The van der Waals surface area contributed by atoms with Crippen molar-refractivity contribution in [3.63, 3.8) is 0 Å². The van der Waals surface area contributed by atoms with Gasteiger partial charge in [-0.15, -0.1) is 0 Å². The van der Waals surface area contributed by atoms with Crippen molar-refractivity contribution in [2.75, 3.05) is 20.2 Å². The molecular weight excluding hydrogens is 344 g/mol. The van der Waals surface area contributed by atoms with Gasteiger partial charge in [-0.3, -0.25) is 0 Å². The maximum atomic E-state index is 12.6. The van der Waals surface area contributed by atoms with Crippen LogP contribution in [0.2, 0.25) is 0 Å². The van der Waals surface area contributed by atoms with Gasteiger partial charge in [-0.1, -0.05) is 6.07 Å². The molecule has 0 bridgehead atoms. The van der Waals surface area contributed by atoms with Crippen LogP contribution in [-0.4, -0.2) is 39.0 Å². The Kier molecular flexibility index (Phi) is 5.19. The molecule has 1 aromatic rings. The number of sulfonamides is 1.